The number of hydroxylamine groups is 2. The van der Waals surface area contributed by atoms with Gasteiger partial charge < -0.3 is 10.2 Å². The highest BCUT2D eigenvalue weighted by atomic mass is 16.5. The van der Waals surface area contributed by atoms with Gasteiger partial charge in [0.25, 0.3) is 5.91 Å². The molecule has 22 heavy (non-hydrogen) atoms. The highest BCUT2D eigenvalue weighted by Gasteiger charge is 2.46. The summed E-state index contributed by atoms with van der Waals surface area (Å²) in [4.78, 5) is 37.1. The van der Waals surface area contributed by atoms with E-state index in [0.29, 0.717) is 30.1 Å². The van der Waals surface area contributed by atoms with Crippen LogP contribution in [-0.2, 0) is 4.79 Å². The van der Waals surface area contributed by atoms with E-state index in [-0.39, 0.29) is 6.04 Å². The maximum atomic E-state index is 12.2. The SMILES string of the molecule is O=C(NC(=O)[C@@H]1CC[C@@H]2CN1C(=O)N2O)Nc1ccccc1. The minimum absolute atomic E-state index is 0.269. The van der Waals surface area contributed by atoms with Crippen molar-refractivity contribution >= 4 is 23.7 Å². The quantitative estimate of drug-likeness (QED) is 0.709. The predicted octanol–water partition coefficient (Wildman–Crippen LogP) is 0.992. The summed E-state index contributed by atoms with van der Waals surface area (Å²) in [5.74, 6) is -0.546. The fraction of sp³-hybridized carbons (Fsp3) is 0.357. The maximum Gasteiger partial charge on any atom is 0.344 e. The number of carbonyl (C=O) groups is 3. The molecular weight excluding hydrogens is 288 g/mol. The summed E-state index contributed by atoms with van der Waals surface area (Å²) in [6.45, 7) is 0.299. The minimum atomic E-state index is -0.734. The second-order valence-electron chi connectivity index (χ2n) is 5.34. The summed E-state index contributed by atoms with van der Waals surface area (Å²) in [5.41, 5.74) is 0.565. The van der Waals surface area contributed by atoms with Gasteiger partial charge in [-0.3, -0.25) is 15.3 Å². The number of para-hydroxylation sites is 1. The first kappa shape index (κ1) is 14.3. The third-order valence-corrected chi connectivity index (χ3v) is 3.92. The third-order valence-electron chi connectivity index (χ3n) is 3.92. The van der Waals surface area contributed by atoms with Crippen molar-refractivity contribution in [3.05, 3.63) is 30.3 Å². The molecule has 0 spiro atoms. The highest BCUT2D eigenvalue weighted by molar-refractivity contribution is 6.03. The molecular formula is C14H16N4O4. The molecule has 2 saturated heterocycles. The summed E-state index contributed by atoms with van der Waals surface area (Å²) in [6.07, 6.45) is 0.940. The highest BCUT2D eigenvalue weighted by Crippen LogP contribution is 2.28. The number of amides is 5. The molecule has 3 N–H and O–H groups in total. The minimum Gasteiger partial charge on any atom is -0.309 e. The summed E-state index contributed by atoms with van der Waals surface area (Å²) >= 11 is 0. The average molecular weight is 304 g/mol. The van der Waals surface area contributed by atoms with Crippen molar-refractivity contribution in [2.45, 2.75) is 24.9 Å². The normalized spacial score (nSPS) is 23.4. The zero-order valence-corrected chi connectivity index (χ0v) is 11.7. The molecule has 0 aromatic heterocycles. The van der Waals surface area contributed by atoms with Crippen molar-refractivity contribution in [3.63, 3.8) is 0 Å². The standard InChI is InChI=1S/C14H16N4O4/c19-12(16-13(20)15-9-4-2-1-3-5-9)11-7-6-10-8-17(11)14(21)18(10)22/h1-5,10-11,22H,6-8H2,(H2,15,16,19,20)/t10-,11+/m1/s1. The van der Waals surface area contributed by atoms with Crippen LogP contribution in [0.1, 0.15) is 12.8 Å². The van der Waals surface area contributed by atoms with Crippen LogP contribution in [0.4, 0.5) is 15.3 Å². The first-order valence-corrected chi connectivity index (χ1v) is 7.02. The summed E-state index contributed by atoms with van der Waals surface area (Å²) < 4.78 is 0. The molecule has 0 saturated carbocycles. The van der Waals surface area contributed by atoms with Crippen LogP contribution in [0.5, 0.6) is 0 Å². The van der Waals surface area contributed by atoms with Crippen molar-refractivity contribution in [2.24, 2.45) is 0 Å². The van der Waals surface area contributed by atoms with E-state index < -0.39 is 24.0 Å². The van der Waals surface area contributed by atoms with Gasteiger partial charge in [-0.25, -0.2) is 14.7 Å². The van der Waals surface area contributed by atoms with Crippen LogP contribution in [0, 0.1) is 0 Å². The number of piperidine rings is 1. The molecule has 2 aliphatic rings. The molecule has 8 heteroatoms. The van der Waals surface area contributed by atoms with Gasteiger partial charge in [-0.05, 0) is 25.0 Å². The lowest BCUT2D eigenvalue weighted by molar-refractivity contribution is -0.124. The lowest BCUT2D eigenvalue weighted by Crippen LogP contribution is -2.51. The molecule has 0 radical (unpaired) electrons. The van der Waals surface area contributed by atoms with E-state index in [1.165, 1.54) is 4.90 Å². The number of hydrogen-bond donors (Lipinski definition) is 3. The van der Waals surface area contributed by atoms with E-state index in [9.17, 15) is 19.6 Å². The van der Waals surface area contributed by atoms with E-state index in [2.05, 4.69) is 10.6 Å². The zero-order valence-electron chi connectivity index (χ0n) is 11.7. The van der Waals surface area contributed by atoms with Crippen molar-refractivity contribution < 1.29 is 19.6 Å². The Kier molecular flexibility index (Phi) is 3.68. The molecule has 2 atom stereocenters. The molecule has 2 fully saturated rings. The second kappa shape index (κ2) is 5.64. The predicted molar refractivity (Wildman–Crippen MR) is 76.1 cm³/mol. The Labute approximate surface area is 126 Å². The third kappa shape index (κ3) is 2.60. The molecule has 1 aromatic carbocycles. The van der Waals surface area contributed by atoms with Gasteiger partial charge in [-0.1, -0.05) is 18.2 Å². The van der Waals surface area contributed by atoms with Gasteiger partial charge in [0.15, 0.2) is 0 Å². The number of rotatable bonds is 2. The summed E-state index contributed by atoms with van der Waals surface area (Å²) in [5, 5.41) is 15.0. The van der Waals surface area contributed by atoms with Crippen molar-refractivity contribution in [3.8, 4) is 0 Å². The van der Waals surface area contributed by atoms with E-state index in [0.717, 1.165) is 0 Å². The van der Waals surface area contributed by atoms with Gasteiger partial charge in [0, 0.05) is 12.2 Å². The number of anilines is 1. The number of hydrogen-bond acceptors (Lipinski definition) is 4. The molecule has 3 rings (SSSR count). The van der Waals surface area contributed by atoms with Crippen LogP contribution in [0.25, 0.3) is 0 Å². The first-order valence-electron chi connectivity index (χ1n) is 7.02. The second-order valence-corrected chi connectivity index (χ2v) is 5.34. The Hall–Kier alpha value is -2.61. The van der Waals surface area contributed by atoms with Crippen LogP contribution in [-0.4, -0.2) is 51.8 Å². The monoisotopic (exact) mass is 304 g/mol. The van der Waals surface area contributed by atoms with Crippen molar-refractivity contribution in [1.82, 2.24) is 15.3 Å². The molecule has 1 aromatic rings. The lowest BCUT2D eigenvalue weighted by Gasteiger charge is -2.28. The summed E-state index contributed by atoms with van der Waals surface area (Å²) in [7, 11) is 0. The fourth-order valence-corrected chi connectivity index (χ4v) is 2.80. The van der Waals surface area contributed by atoms with E-state index in [1.54, 1.807) is 24.3 Å². The number of nitrogens with one attached hydrogen (secondary N) is 2. The van der Waals surface area contributed by atoms with Crippen LogP contribution in [0.2, 0.25) is 0 Å². The number of urea groups is 2. The Morgan fingerprint density at radius 2 is 1.91 bits per heavy atom. The van der Waals surface area contributed by atoms with Gasteiger partial charge in [-0.2, -0.15) is 0 Å². The summed E-state index contributed by atoms with van der Waals surface area (Å²) in [6, 6.07) is 6.49. The van der Waals surface area contributed by atoms with Crippen LogP contribution in [0.3, 0.4) is 0 Å². The number of nitrogens with zero attached hydrogens (tertiary/aromatic N) is 2. The first-order chi connectivity index (χ1) is 10.6. The van der Waals surface area contributed by atoms with Gasteiger partial charge >= 0.3 is 12.1 Å². The molecule has 2 heterocycles. The van der Waals surface area contributed by atoms with Gasteiger partial charge in [0.1, 0.15) is 6.04 Å². The molecule has 2 aliphatic heterocycles. The van der Waals surface area contributed by atoms with Gasteiger partial charge in [-0.15, -0.1) is 0 Å². The molecule has 116 valence electrons. The largest absolute Gasteiger partial charge is 0.344 e. The maximum absolute atomic E-state index is 12.2. The number of carbonyl (C=O) groups excluding carboxylic acids is 3. The fourth-order valence-electron chi connectivity index (χ4n) is 2.80. The Bertz CT molecular complexity index is 606. The Morgan fingerprint density at radius 3 is 2.64 bits per heavy atom. The van der Waals surface area contributed by atoms with E-state index in [4.69, 9.17) is 0 Å². The molecule has 2 bridgehead atoms. The molecule has 8 nitrogen and oxygen atoms in total. The number of benzene rings is 1. The number of imide groups is 1. The van der Waals surface area contributed by atoms with Crippen LogP contribution < -0.4 is 10.6 Å². The molecule has 5 amide bonds. The van der Waals surface area contributed by atoms with E-state index in [1.807, 2.05) is 6.07 Å². The molecule has 0 aliphatic carbocycles. The topological polar surface area (TPSA) is 102 Å². The smallest absolute Gasteiger partial charge is 0.309 e. The zero-order chi connectivity index (χ0) is 15.7. The van der Waals surface area contributed by atoms with Crippen LogP contribution >= 0.6 is 0 Å². The van der Waals surface area contributed by atoms with Gasteiger partial charge in [0.05, 0.1) is 6.04 Å². The van der Waals surface area contributed by atoms with Crippen molar-refractivity contribution in [1.29, 1.82) is 0 Å². The molecule has 0 unspecified atom stereocenters. The van der Waals surface area contributed by atoms with Crippen LogP contribution in [0.15, 0.2) is 30.3 Å². The number of fused-ring (bicyclic) bond motifs is 2. The Balaban J connectivity index is 1.60. The average Bonchev–Trinajstić information content (AvgIpc) is 2.73. The van der Waals surface area contributed by atoms with Gasteiger partial charge in [0.2, 0.25) is 0 Å². The lowest BCUT2D eigenvalue weighted by atomic mass is 10.0. The van der Waals surface area contributed by atoms with E-state index >= 15 is 0 Å². The Morgan fingerprint density at radius 1 is 1.18 bits per heavy atom. The van der Waals surface area contributed by atoms with Crippen molar-refractivity contribution in [2.75, 3.05) is 11.9 Å².